The van der Waals surface area contributed by atoms with Gasteiger partial charge in [0.1, 0.15) is 11.9 Å². The highest BCUT2D eigenvalue weighted by Crippen LogP contribution is 2.24. The average molecular weight is 556 g/mol. The molecule has 7 nitrogen and oxygen atoms in total. The molecular weight excluding hydrogens is 521 g/mol. The molecule has 8 heteroatoms. The summed E-state index contributed by atoms with van der Waals surface area (Å²) in [6, 6.07) is 21.4. The number of amides is 4. The summed E-state index contributed by atoms with van der Waals surface area (Å²) in [5.74, 6) is -1.59. The van der Waals surface area contributed by atoms with Crippen LogP contribution in [0.15, 0.2) is 78.9 Å². The molecule has 1 N–H and O–H groups in total. The first-order valence-electron chi connectivity index (χ1n) is 14.2. The van der Waals surface area contributed by atoms with E-state index in [1.54, 1.807) is 41.3 Å². The zero-order chi connectivity index (χ0) is 28.8. The zero-order valence-electron chi connectivity index (χ0n) is 22.9. The Morgan fingerprint density at radius 3 is 2.10 bits per heavy atom. The summed E-state index contributed by atoms with van der Waals surface area (Å²) in [6.45, 7) is 0.224. The number of fused-ring (bicyclic) bond motifs is 1. The first-order chi connectivity index (χ1) is 19.9. The quantitative estimate of drug-likeness (QED) is 0.341. The summed E-state index contributed by atoms with van der Waals surface area (Å²) in [5.41, 5.74) is 2.36. The third-order valence-corrected chi connectivity index (χ3v) is 7.89. The SMILES string of the molecule is O=C(NC1CCCC1)[C@H](Cc1ccccc1)N(Cc1ccc(F)cc1)C(=O)CCCN1C(=O)c2ccccc2C1=O. The van der Waals surface area contributed by atoms with Crippen LogP contribution < -0.4 is 5.32 Å². The van der Waals surface area contributed by atoms with E-state index in [4.69, 9.17) is 0 Å². The lowest BCUT2D eigenvalue weighted by molar-refractivity contribution is -0.141. The van der Waals surface area contributed by atoms with Crippen molar-refractivity contribution in [2.45, 2.75) is 63.6 Å². The van der Waals surface area contributed by atoms with Crippen molar-refractivity contribution in [3.8, 4) is 0 Å². The maximum Gasteiger partial charge on any atom is 0.261 e. The predicted molar refractivity (Wildman–Crippen MR) is 152 cm³/mol. The monoisotopic (exact) mass is 555 g/mol. The van der Waals surface area contributed by atoms with Crippen molar-refractivity contribution < 1.29 is 23.6 Å². The van der Waals surface area contributed by atoms with E-state index >= 15 is 0 Å². The number of benzene rings is 3. The number of carbonyl (C=O) groups excluding carboxylic acids is 4. The Morgan fingerprint density at radius 1 is 0.854 bits per heavy atom. The summed E-state index contributed by atoms with van der Waals surface area (Å²) >= 11 is 0. The van der Waals surface area contributed by atoms with E-state index in [1.165, 1.54) is 17.0 Å². The van der Waals surface area contributed by atoms with E-state index in [0.29, 0.717) is 23.1 Å². The number of hydrogen-bond donors (Lipinski definition) is 1. The van der Waals surface area contributed by atoms with Crippen LogP contribution in [0.25, 0.3) is 0 Å². The Morgan fingerprint density at radius 2 is 1.46 bits per heavy atom. The van der Waals surface area contributed by atoms with Crippen LogP contribution in [0.1, 0.15) is 70.4 Å². The smallest absolute Gasteiger partial charge is 0.261 e. The van der Waals surface area contributed by atoms with Crippen LogP contribution in [-0.4, -0.2) is 52.1 Å². The Balaban J connectivity index is 1.35. The van der Waals surface area contributed by atoms with Crippen LogP contribution in [0.5, 0.6) is 0 Å². The van der Waals surface area contributed by atoms with Gasteiger partial charge in [0.15, 0.2) is 0 Å². The zero-order valence-corrected chi connectivity index (χ0v) is 22.9. The van der Waals surface area contributed by atoms with Gasteiger partial charge in [0.05, 0.1) is 11.1 Å². The van der Waals surface area contributed by atoms with Gasteiger partial charge in [-0.1, -0.05) is 67.4 Å². The second kappa shape index (κ2) is 12.9. The van der Waals surface area contributed by atoms with Crippen LogP contribution >= 0.6 is 0 Å². The fraction of sp³-hybridized carbons (Fsp3) is 0.333. The number of halogens is 1. The van der Waals surface area contributed by atoms with E-state index in [1.807, 2.05) is 30.3 Å². The van der Waals surface area contributed by atoms with Crippen LogP contribution in [0, 0.1) is 5.82 Å². The van der Waals surface area contributed by atoms with Gasteiger partial charge in [-0.05, 0) is 54.7 Å². The third-order valence-electron chi connectivity index (χ3n) is 7.89. The van der Waals surface area contributed by atoms with Crippen LogP contribution in [-0.2, 0) is 22.6 Å². The topological polar surface area (TPSA) is 86.8 Å². The molecule has 1 heterocycles. The molecule has 1 saturated carbocycles. The summed E-state index contributed by atoms with van der Waals surface area (Å²) in [7, 11) is 0. The molecular formula is C33H34FN3O4. The minimum absolute atomic E-state index is 0.0383. The summed E-state index contributed by atoms with van der Waals surface area (Å²) in [4.78, 5) is 55.8. The maximum absolute atomic E-state index is 13.8. The largest absolute Gasteiger partial charge is 0.352 e. The Labute approximate surface area is 239 Å². The van der Waals surface area contributed by atoms with E-state index in [9.17, 15) is 23.6 Å². The highest BCUT2D eigenvalue weighted by atomic mass is 19.1. The fourth-order valence-electron chi connectivity index (χ4n) is 5.68. The first kappa shape index (κ1) is 28.2. The molecule has 0 radical (unpaired) electrons. The number of nitrogens with one attached hydrogen (secondary N) is 1. The lowest BCUT2D eigenvalue weighted by Crippen LogP contribution is -2.52. The lowest BCUT2D eigenvalue weighted by Gasteiger charge is -2.32. The van der Waals surface area contributed by atoms with Crippen molar-refractivity contribution in [1.29, 1.82) is 0 Å². The van der Waals surface area contributed by atoms with Gasteiger partial charge in [-0.2, -0.15) is 0 Å². The summed E-state index contributed by atoms with van der Waals surface area (Å²) in [6.07, 6.45) is 4.56. The third kappa shape index (κ3) is 6.70. The van der Waals surface area contributed by atoms with Gasteiger partial charge in [-0.3, -0.25) is 24.1 Å². The van der Waals surface area contributed by atoms with E-state index < -0.39 is 6.04 Å². The highest BCUT2D eigenvalue weighted by Gasteiger charge is 2.36. The molecule has 4 amide bonds. The molecule has 1 aliphatic carbocycles. The van der Waals surface area contributed by atoms with Crippen molar-refractivity contribution in [3.63, 3.8) is 0 Å². The predicted octanol–water partition coefficient (Wildman–Crippen LogP) is 4.90. The fourth-order valence-corrected chi connectivity index (χ4v) is 5.68. The van der Waals surface area contributed by atoms with Crippen LogP contribution in [0.3, 0.4) is 0 Å². The average Bonchev–Trinajstić information content (AvgIpc) is 3.58. The number of rotatable bonds is 11. The molecule has 212 valence electrons. The van der Waals surface area contributed by atoms with Gasteiger partial charge in [-0.25, -0.2) is 4.39 Å². The second-order valence-electron chi connectivity index (χ2n) is 10.8. The molecule has 1 aliphatic heterocycles. The summed E-state index contributed by atoms with van der Waals surface area (Å²) in [5, 5.41) is 3.16. The lowest BCUT2D eigenvalue weighted by atomic mass is 10.0. The van der Waals surface area contributed by atoms with Gasteiger partial charge in [0, 0.05) is 32.0 Å². The van der Waals surface area contributed by atoms with Crippen LogP contribution in [0.2, 0.25) is 0 Å². The van der Waals surface area contributed by atoms with Gasteiger partial charge < -0.3 is 10.2 Å². The molecule has 2 aliphatic rings. The van der Waals surface area contributed by atoms with E-state index in [-0.39, 0.29) is 61.4 Å². The van der Waals surface area contributed by atoms with Crippen molar-refractivity contribution in [3.05, 3.63) is 107 Å². The minimum Gasteiger partial charge on any atom is -0.352 e. The molecule has 3 aromatic carbocycles. The highest BCUT2D eigenvalue weighted by molar-refractivity contribution is 6.21. The first-order valence-corrected chi connectivity index (χ1v) is 14.2. The molecule has 0 unspecified atom stereocenters. The molecule has 0 aromatic heterocycles. The molecule has 41 heavy (non-hydrogen) atoms. The normalized spacial score (nSPS) is 15.6. The summed E-state index contributed by atoms with van der Waals surface area (Å²) < 4.78 is 13.7. The van der Waals surface area contributed by atoms with E-state index in [2.05, 4.69) is 5.32 Å². The number of carbonyl (C=O) groups is 4. The number of nitrogens with zero attached hydrogens (tertiary/aromatic N) is 2. The van der Waals surface area contributed by atoms with Gasteiger partial charge in [0.25, 0.3) is 11.8 Å². The Bertz CT molecular complexity index is 1370. The van der Waals surface area contributed by atoms with Gasteiger partial charge in [-0.15, -0.1) is 0 Å². The van der Waals surface area contributed by atoms with Crippen molar-refractivity contribution >= 4 is 23.6 Å². The number of hydrogen-bond acceptors (Lipinski definition) is 4. The molecule has 0 spiro atoms. The Kier molecular flexibility index (Phi) is 8.87. The van der Waals surface area contributed by atoms with E-state index in [0.717, 1.165) is 31.2 Å². The van der Waals surface area contributed by atoms with Gasteiger partial charge >= 0.3 is 0 Å². The van der Waals surface area contributed by atoms with Crippen molar-refractivity contribution in [1.82, 2.24) is 15.1 Å². The second-order valence-corrected chi connectivity index (χ2v) is 10.8. The molecule has 3 aromatic rings. The van der Waals surface area contributed by atoms with Crippen molar-refractivity contribution in [2.75, 3.05) is 6.54 Å². The molecule has 1 atom stereocenters. The standard InChI is InChI=1S/C33H34FN3O4/c34-25-18-16-24(17-19-25)22-37(29(21-23-9-2-1-3-10-23)31(39)35-26-11-4-5-12-26)30(38)15-8-20-36-32(40)27-13-6-7-14-28(27)33(36)41/h1-3,6-7,9-10,13-14,16-19,26,29H,4-5,8,11-12,15,20-22H2,(H,35,39)/t29-/m0/s1. The molecule has 0 bridgehead atoms. The van der Waals surface area contributed by atoms with Crippen LogP contribution in [0.4, 0.5) is 4.39 Å². The maximum atomic E-state index is 13.8. The number of imide groups is 1. The Hall–Kier alpha value is -4.33. The molecule has 0 saturated heterocycles. The van der Waals surface area contributed by atoms with Crippen molar-refractivity contribution in [2.24, 2.45) is 0 Å². The van der Waals surface area contributed by atoms with Gasteiger partial charge in [0.2, 0.25) is 11.8 Å². The molecule has 1 fully saturated rings. The molecule has 5 rings (SSSR count). The minimum atomic E-state index is -0.783.